The number of rotatable bonds is 3. The van der Waals surface area contributed by atoms with Crippen LogP contribution in [0.25, 0.3) is 11.2 Å². The first-order chi connectivity index (χ1) is 13.3. The summed E-state index contributed by atoms with van der Waals surface area (Å²) in [6, 6.07) is 9.52. The number of hydrogen-bond donors (Lipinski definition) is 0. The number of nitrogens with zero attached hydrogens (tertiary/aromatic N) is 5. The van der Waals surface area contributed by atoms with Crippen LogP contribution < -0.4 is 4.90 Å². The number of aromatic nitrogens is 3. The monoisotopic (exact) mass is 363 g/mol. The highest BCUT2D eigenvalue weighted by atomic mass is 16.4. The molecule has 2 aliphatic rings. The van der Waals surface area contributed by atoms with Gasteiger partial charge in [0.1, 0.15) is 6.33 Å². The third-order valence-corrected chi connectivity index (χ3v) is 5.90. The van der Waals surface area contributed by atoms with Gasteiger partial charge in [-0.25, -0.2) is 9.97 Å². The smallest absolute Gasteiger partial charge is 0.252 e. The van der Waals surface area contributed by atoms with Crippen molar-refractivity contribution in [1.82, 2.24) is 19.9 Å². The molecule has 0 spiro atoms. The zero-order chi connectivity index (χ0) is 18.2. The van der Waals surface area contributed by atoms with E-state index in [1.165, 1.54) is 24.0 Å². The lowest BCUT2D eigenvalue weighted by Gasteiger charge is -2.27. The Morgan fingerprint density at radius 3 is 2.63 bits per heavy atom. The highest BCUT2D eigenvalue weighted by molar-refractivity contribution is 5.81. The van der Waals surface area contributed by atoms with E-state index in [0.29, 0.717) is 11.8 Å². The summed E-state index contributed by atoms with van der Waals surface area (Å²) in [6.07, 6.45) is 5.86. The minimum absolute atomic E-state index is 0.601. The van der Waals surface area contributed by atoms with Crippen molar-refractivity contribution in [2.45, 2.75) is 38.6 Å². The fourth-order valence-corrected chi connectivity index (χ4v) is 4.48. The van der Waals surface area contributed by atoms with E-state index in [9.17, 15) is 0 Å². The summed E-state index contributed by atoms with van der Waals surface area (Å²) < 4.78 is 5.72. The normalized spacial score (nSPS) is 18.8. The fraction of sp³-hybridized carbons (Fsp3) is 0.476. The van der Waals surface area contributed by atoms with Crippen molar-refractivity contribution < 1.29 is 4.42 Å². The van der Waals surface area contributed by atoms with E-state index in [0.717, 1.165) is 56.2 Å². The maximum absolute atomic E-state index is 5.72. The molecule has 3 aromatic rings. The van der Waals surface area contributed by atoms with Crippen LogP contribution in [0.4, 0.5) is 5.82 Å². The average molecular weight is 363 g/mol. The number of benzene rings is 1. The number of oxazole rings is 1. The second-order valence-electron chi connectivity index (χ2n) is 7.52. The Balaban J connectivity index is 1.33. The molecule has 6 nitrogen and oxygen atoms in total. The Kier molecular flexibility index (Phi) is 4.28. The summed E-state index contributed by atoms with van der Waals surface area (Å²) in [6.45, 7) is 6.20. The molecule has 0 atom stereocenters. The van der Waals surface area contributed by atoms with Crippen LogP contribution >= 0.6 is 0 Å². The van der Waals surface area contributed by atoms with Crippen molar-refractivity contribution >= 4 is 17.0 Å². The van der Waals surface area contributed by atoms with E-state index in [4.69, 9.17) is 4.42 Å². The molecule has 0 bridgehead atoms. The van der Waals surface area contributed by atoms with Crippen LogP contribution in [0.1, 0.15) is 30.4 Å². The molecule has 3 heterocycles. The van der Waals surface area contributed by atoms with Gasteiger partial charge in [0.25, 0.3) is 5.71 Å². The molecule has 0 saturated carbocycles. The number of aryl methyl sites for hydroxylation is 1. The van der Waals surface area contributed by atoms with Gasteiger partial charge in [-0.3, -0.25) is 4.90 Å². The van der Waals surface area contributed by atoms with E-state index in [1.807, 2.05) is 6.92 Å². The molecule has 1 aliphatic carbocycles. The Labute approximate surface area is 159 Å². The molecule has 1 fully saturated rings. The van der Waals surface area contributed by atoms with Crippen molar-refractivity contribution in [2.24, 2.45) is 0 Å². The second-order valence-corrected chi connectivity index (χ2v) is 7.52. The van der Waals surface area contributed by atoms with E-state index < -0.39 is 0 Å². The van der Waals surface area contributed by atoms with Gasteiger partial charge in [-0.2, -0.15) is 4.98 Å². The van der Waals surface area contributed by atoms with Crippen LogP contribution in [0.3, 0.4) is 0 Å². The highest BCUT2D eigenvalue weighted by Gasteiger charge is 2.29. The molecule has 0 radical (unpaired) electrons. The van der Waals surface area contributed by atoms with Crippen molar-refractivity contribution in [3.8, 4) is 0 Å². The Bertz CT molecular complexity index is 928. The molecule has 0 N–H and O–H groups in total. The maximum Gasteiger partial charge on any atom is 0.252 e. The van der Waals surface area contributed by atoms with E-state index in [2.05, 4.69) is 49.0 Å². The van der Waals surface area contributed by atoms with Crippen LogP contribution in [0.2, 0.25) is 0 Å². The average Bonchev–Trinajstić information content (AvgIpc) is 3.24. The molecule has 6 heteroatoms. The molecule has 27 heavy (non-hydrogen) atoms. The molecule has 0 unspecified atom stereocenters. The van der Waals surface area contributed by atoms with Gasteiger partial charge in [0.2, 0.25) is 0 Å². The van der Waals surface area contributed by atoms with Gasteiger partial charge in [-0.05, 0) is 30.4 Å². The van der Waals surface area contributed by atoms with Gasteiger partial charge in [-0.1, -0.05) is 31.2 Å². The SMILES string of the molecule is CCc1nc2c(N3CCCN(C4Cc5ccccc5C4)CC3)ncnc2o1. The minimum atomic E-state index is 0.601. The van der Waals surface area contributed by atoms with E-state index in [-0.39, 0.29) is 0 Å². The maximum atomic E-state index is 5.72. The summed E-state index contributed by atoms with van der Waals surface area (Å²) in [7, 11) is 0. The zero-order valence-corrected chi connectivity index (χ0v) is 15.8. The van der Waals surface area contributed by atoms with Crippen LogP contribution in [-0.4, -0.2) is 52.1 Å². The highest BCUT2D eigenvalue weighted by Crippen LogP contribution is 2.28. The molecule has 1 aromatic carbocycles. The van der Waals surface area contributed by atoms with Gasteiger partial charge < -0.3 is 9.32 Å². The van der Waals surface area contributed by atoms with E-state index in [1.54, 1.807) is 6.33 Å². The predicted molar refractivity (Wildman–Crippen MR) is 105 cm³/mol. The fourth-order valence-electron chi connectivity index (χ4n) is 4.48. The molecule has 140 valence electrons. The summed E-state index contributed by atoms with van der Waals surface area (Å²) in [5.74, 6) is 1.65. The first kappa shape index (κ1) is 16.7. The lowest BCUT2D eigenvalue weighted by atomic mass is 10.1. The Morgan fingerprint density at radius 2 is 1.85 bits per heavy atom. The largest absolute Gasteiger partial charge is 0.422 e. The summed E-state index contributed by atoms with van der Waals surface area (Å²) >= 11 is 0. The van der Waals surface area contributed by atoms with Gasteiger partial charge in [0, 0.05) is 38.6 Å². The third-order valence-electron chi connectivity index (χ3n) is 5.90. The third kappa shape index (κ3) is 3.08. The molecule has 2 aromatic heterocycles. The molecule has 1 saturated heterocycles. The molecule has 0 amide bonds. The van der Waals surface area contributed by atoms with Crippen LogP contribution in [-0.2, 0) is 19.3 Å². The van der Waals surface area contributed by atoms with Crippen molar-refractivity contribution in [2.75, 3.05) is 31.1 Å². The van der Waals surface area contributed by atoms with Gasteiger partial charge >= 0.3 is 0 Å². The van der Waals surface area contributed by atoms with E-state index >= 15 is 0 Å². The molecular formula is C21H25N5O. The van der Waals surface area contributed by atoms with Gasteiger partial charge in [0.15, 0.2) is 17.2 Å². The second kappa shape index (κ2) is 6.93. The van der Waals surface area contributed by atoms with Crippen LogP contribution in [0, 0.1) is 0 Å². The lowest BCUT2D eigenvalue weighted by molar-refractivity contribution is 0.216. The van der Waals surface area contributed by atoms with Gasteiger partial charge in [0.05, 0.1) is 0 Å². The molecule has 1 aliphatic heterocycles. The number of anilines is 1. The first-order valence-electron chi connectivity index (χ1n) is 9.98. The quantitative estimate of drug-likeness (QED) is 0.713. The van der Waals surface area contributed by atoms with Crippen molar-refractivity contribution in [3.05, 3.63) is 47.6 Å². The minimum Gasteiger partial charge on any atom is -0.422 e. The zero-order valence-electron chi connectivity index (χ0n) is 15.8. The first-order valence-corrected chi connectivity index (χ1v) is 9.98. The summed E-state index contributed by atoms with van der Waals surface area (Å²) in [5, 5.41) is 0. The van der Waals surface area contributed by atoms with Gasteiger partial charge in [-0.15, -0.1) is 0 Å². The standard InChI is InChI=1S/C21H25N5O/c1-2-18-24-19-20(22-14-23-21(19)27-18)26-9-5-8-25(10-11-26)17-12-15-6-3-4-7-16(15)13-17/h3-4,6-7,14,17H,2,5,8-13H2,1H3. The number of hydrogen-bond acceptors (Lipinski definition) is 6. The number of fused-ring (bicyclic) bond motifs is 2. The summed E-state index contributed by atoms with van der Waals surface area (Å²) in [4.78, 5) is 18.4. The topological polar surface area (TPSA) is 58.3 Å². The molecule has 5 rings (SSSR count). The Morgan fingerprint density at radius 1 is 1.04 bits per heavy atom. The van der Waals surface area contributed by atoms with Crippen molar-refractivity contribution in [3.63, 3.8) is 0 Å². The Hall–Kier alpha value is -2.47. The summed E-state index contributed by atoms with van der Waals surface area (Å²) in [5.41, 5.74) is 4.45. The predicted octanol–water partition coefficient (Wildman–Crippen LogP) is 2.86. The lowest BCUT2D eigenvalue weighted by Crippen LogP contribution is -2.39. The van der Waals surface area contributed by atoms with Crippen molar-refractivity contribution in [1.29, 1.82) is 0 Å². The van der Waals surface area contributed by atoms with Crippen LogP contribution in [0.5, 0.6) is 0 Å². The molecular weight excluding hydrogens is 338 g/mol. The van der Waals surface area contributed by atoms with Crippen LogP contribution in [0.15, 0.2) is 35.0 Å².